The highest BCUT2D eigenvalue weighted by Gasteiger charge is 2.38. The monoisotopic (exact) mass is 542 g/mol. The molecule has 2 aromatic heterocycles. The van der Waals surface area contributed by atoms with Gasteiger partial charge >= 0.3 is 0 Å². The lowest BCUT2D eigenvalue weighted by Crippen LogP contribution is -2.34. The van der Waals surface area contributed by atoms with Crippen molar-refractivity contribution in [2.75, 3.05) is 17.6 Å². The van der Waals surface area contributed by atoms with E-state index >= 15 is 0 Å². The maximum absolute atomic E-state index is 12.7. The van der Waals surface area contributed by atoms with Gasteiger partial charge in [0.25, 0.3) is 0 Å². The maximum atomic E-state index is 12.7. The minimum atomic E-state index is -3.25. The molecular weight excluding hydrogens is 508 g/mol. The van der Waals surface area contributed by atoms with E-state index < -0.39 is 9.84 Å². The Morgan fingerprint density at radius 3 is 2.68 bits per heavy atom. The van der Waals surface area contributed by atoms with Crippen molar-refractivity contribution >= 4 is 32.2 Å². The largest absolute Gasteiger partial charge is 0.315 e. The third-order valence-electron chi connectivity index (χ3n) is 7.39. The number of thiazole rings is 1. The van der Waals surface area contributed by atoms with Crippen LogP contribution in [0.3, 0.4) is 0 Å². The molecule has 0 radical (unpaired) electrons. The van der Waals surface area contributed by atoms with E-state index in [1.165, 1.54) is 4.88 Å². The van der Waals surface area contributed by atoms with Crippen LogP contribution in [0.15, 0.2) is 29.2 Å². The first-order chi connectivity index (χ1) is 17.6. The molecule has 0 spiro atoms. The Labute approximate surface area is 222 Å². The highest BCUT2D eigenvalue weighted by Crippen LogP contribution is 2.43. The van der Waals surface area contributed by atoms with Crippen molar-refractivity contribution < 1.29 is 13.2 Å². The van der Waals surface area contributed by atoms with Crippen molar-refractivity contribution in [1.82, 2.24) is 24.6 Å². The fraction of sp³-hybridized carbons (Fsp3) is 0.538. The van der Waals surface area contributed by atoms with Gasteiger partial charge < -0.3 is 9.88 Å². The number of carbonyl (C=O) groups is 1. The molecule has 2 unspecified atom stereocenters. The fourth-order valence-electron chi connectivity index (χ4n) is 5.49. The van der Waals surface area contributed by atoms with Crippen LogP contribution in [0.1, 0.15) is 61.0 Å². The van der Waals surface area contributed by atoms with Gasteiger partial charge in [-0.05, 0) is 42.9 Å². The third-order valence-corrected chi connectivity index (χ3v) is 10.1. The molecule has 0 saturated carbocycles. The molecule has 0 saturated heterocycles. The predicted octanol–water partition coefficient (Wildman–Crippen LogP) is 3.79. The molecule has 11 heteroatoms. The van der Waals surface area contributed by atoms with Crippen LogP contribution in [0.2, 0.25) is 0 Å². The number of aryl methyl sites for hydroxylation is 1. The van der Waals surface area contributed by atoms with Crippen molar-refractivity contribution in [3.05, 3.63) is 52.0 Å². The molecule has 1 aromatic carbocycles. The standard InChI is InChI=1S/C26H34N6O3S2/c1-5-37(34,35)20-8-6-18(7-9-20)13-23(33)27-26-28-24-21(36-26)15-31(25(24)16(2)3)14-19-10-11-32-17(4)29-30-22(32)12-19/h6-9,16,19,25H,5,10-15H2,1-4H3,(H,27,28,33). The number of nitrogens with one attached hydrogen (secondary N) is 1. The second-order valence-corrected chi connectivity index (χ2v) is 13.8. The minimum absolute atomic E-state index is 0.0551. The number of benzene rings is 1. The van der Waals surface area contributed by atoms with Crippen molar-refractivity contribution in [2.24, 2.45) is 11.8 Å². The Morgan fingerprint density at radius 1 is 1.22 bits per heavy atom. The minimum Gasteiger partial charge on any atom is -0.315 e. The molecule has 2 aliphatic rings. The quantitative estimate of drug-likeness (QED) is 0.461. The predicted molar refractivity (Wildman–Crippen MR) is 143 cm³/mol. The number of aromatic nitrogens is 4. The molecule has 0 aliphatic carbocycles. The SMILES string of the molecule is CCS(=O)(=O)c1ccc(CC(=O)Nc2nc3c(s2)CN(CC2CCn4c(C)nnc4C2)C3C(C)C)cc1. The normalized spacial score (nSPS) is 19.7. The average molecular weight is 543 g/mol. The van der Waals surface area contributed by atoms with Crippen LogP contribution in [-0.2, 0) is 40.6 Å². The zero-order valence-corrected chi connectivity index (χ0v) is 23.4. The van der Waals surface area contributed by atoms with E-state index in [4.69, 9.17) is 4.98 Å². The molecule has 2 atom stereocenters. The second kappa shape index (κ2) is 10.3. The molecule has 0 fully saturated rings. The van der Waals surface area contributed by atoms with Gasteiger partial charge in [-0.1, -0.05) is 32.9 Å². The summed E-state index contributed by atoms with van der Waals surface area (Å²) < 4.78 is 26.2. The van der Waals surface area contributed by atoms with Crippen LogP contribution in [-0.4, -0.2) is 51.3 Å². The first-order valence-electron chi connectivity index (χ1n) is 12.9. The average Bonchev–Trinajstić information content (AvgIpc) is 3.51. The van der Waals surface area contributed by atoms with Gasteiger partial charge in [0.2, 0.25) is 5.91 Å². The smallest absolute Gasteiger partial charge is 0.230 e. The third kappa shape index (κ3) is 5.35. The van der Waals surface area contributed by atoms with Gasteiger partial charge in [-0.25, -0.2) is 13.4 Å². The number of rotatable bonds is 8. The summed E-state index contributed by atoms with van der Waals surface area (Å²) in [6, 6.07) is 6.76. The van der Waals surface area contributed by atoms with E-state index in [-0.39, 0.29) is 29.0 Å². The van der Waals surface area contributed by atoms with E-state index in [1.807, 2.05) is 6.92 Å². The van der Waals surface area contributed by atoms with Crippen molar-refractivity contribution in [3.8, 4) is 0 Å². The van der Waals surface area contributed by atoms with Gasteiger partial charge in [0.1, 0.15) is 11.6 Å². The van der Waals surface area contributed by atoms with E-state index in [0.717, 1.165) is 55.4 Å². The number of fused-ring (bicyclic) bond motifs is 2. The summed E-state index contributed by atoms with van der Waals surface area (Å²) in [5, 5.41) is 12.2. The number of sulfone groups is 1. The highest BCUT2D eigenvalue weighted by atomic mass is 32.2. The molecule has 3 aromatic rings. The summed E-state index contributed by atoms with van der Waals surface area (Å²) in [6.07, 6.45) is 2.25. The number of hydrogen-bond acceptors (Lipinski definition) is 8. The van der Waals surface area contributed by atoms with Gasteiger partial charge in [-0.15, -0.1) is 21.5 Å². The molecule has 1 amide bonds. The number of hydrogen-bond donors (Lipinski definition) is 1. The Kier molecular flexibility index (Phi) is 7.21. The molecule has 37 heavy (non-hydrogen) atoms. The Balaban J connectivity index is 1.21. The van der Waals surface area contributed by atoms with Crippen molar-refractivity contribution in [1.29, 1.82) is 0 Å². The van der Waals surface area contributed by atoms with E-state index in [0.29, 0.717) is 17.0 Å². The molecule has 2 aliphatic heterocycles. The van der Waals surface area contributed by atoms with Crippen molar-refractivity contribution in [2.45, 2.75) is 71.0 Å². The van der Waals surface area contributed by atoms with Crippen molar-refractivity contribution in [3.63, 3.8) is 0 Å². The molecule has 9 nitrogen and oxygen atoms in total. The lowest BCUT2D eigenvalue weighted by molar-refractivity contribution is -0.115. The molecule has 0 bridgehead atoms. The zero-order chi connectivity index (χ0) is 26.3. The second-order valence-electron chi connectivity index (χ2n) is 10.4. The van der Waals surface area contributed by atoms with Crippen LogP contribution in [0.5, 0.6) is 0 Å². The lowest BCUT2D eigenvalue weighted by atomic mass is 9.95. The first-order valence-corrected chi connectivity index (χ1v) is 15.3. The Bertz CT molecular complexity index is 1390. The Morgan fingerprint density at radius 2 is 1.97 bits per heavy atom. The fourth-order valence-corrected chi connectivity index (χ4v) is 7.42. The van der Waals surface area contributed by atoms with E-state index in [9.17, 15) is 13.2 Å². The zero-order valence-electron chi connectivity index (χ0n) is 21.8. The first kappa shape index (κ1) is 26.0. The van der Waals surface area contributed by atoms with Gasteiger partial charge in [-0.2, -0.15) is 0 Å². The summed E-state index contributed by atoms with van der Waals surface area (Å²) in [4.78, 5) is 21.6. The van der Waals surface area contributed by atoms with E-state index in [2.05, 4.69) is 38.8 Å². The molecule has 1 N–H and O–H groups in total. The van der Waals surface area contributed by atoms with Gasteiger partial charge in [0, 0.05) is 30.9 Å². The van der Waals surface area contributed by atoms with Crippen LogP contribution in [0.25, 0.3) is 0 Å². The number of carbonyl (C=O) groups excluding carboxylic acids is 1. The van der Waals surface area contributed by atoms with Gasteiger partial charge in [0.15, 0.2) is 15.0 Å². The molecule has 4 heterocycles. The summed E-state index contributed by atoms with van der Waals surface area (Å²) in [6.45, 7) is 10.9. The molecule has 198 valence electrons. The summed E-state index contributed by atoms with van der Waals surface area (Å²) in [5.74, 6) is 2.94. The summed E-state index contributed by atoms with van der Waals surface area (Å²) >= 11 is 1.56. The van der Waals surface area contributed by atoms with Gasteiger partial charge in [-0.3, -0.25) is 9.69 Å². The molecule has 5 rings (SSSR count). The lowest BCUT2D eigenvalue weighted by Gasteiger charge is -2.32. The number of amides is 1. The van der Waals surface area contributed by atoms with Crippen LogP contribution >= 0.6 is 11.3 Å². The summed E-state index contributed by atoms with van der Waals surface area (Å²) in [5.41, 5.74) is 1.85. The Hall–Kier alpha value is -2.63. The highest BCUT2D eigenvalue weighted by molar-refractivity contribution is 7.91. The van der Waals surface area contributed by atoms with Crippen LogP contribution in [0.4, 0.5) is 5.13 Å². The maximum Gasteiger partial charge on any atom is 0.230 e. The van der Waals surface area contributed by atoms with E-state index in [1.54, 1.807) is 42.5 Å². The van der Waals surface area contributed by atoms with Crippen LogP contribution in [0, 0.1) is 18.8 Å². The topological polar surface area (TPSA) is 110 Å². The number of anilines is 1. The number of nitrogens with zero attached hydrogens (tertiary/aromatic N) is 5. The summed E-state index contributed by atoms with van der Waals surface area (Å²) in [7, 11) is -3.25. The molecular formula is C26H34N6O3S2. The van der Waals surface area contributed by atoms with Crippen LogP contribution < -0.4 is 5.32 Å². The van der Waals surface area contributed by atoms with Gasteiger partial charge in [0.05, 0.1) is 28.8 Å².